The molecule has 1 aliphatic rings. The van der Waals surface area contributed by atoms with Crippen molar-refractivity contribution in [1.29, 1.82) is 0 Å². The number of amides is 3. The standard InChI is InChI=1S/C21H19BrN2O6/c1-3-29-17-10-13(9-16-19(25)24(2)21(28)23-16)8-15(22)18(17)30-11-12-5-4-6-14(7-12)20(26)27/h4-10H,3,11H2,1-2H3,(H,23,28)(H,26,27)/b16-9+. The molecule has 30 heavy (non-hydrogen) atoms. The van der Waals surface area contributed by atoms with E-state index in [9.17, 15) is 14.4 Å². The number of urea groups is 1. The van der Waals surface area contributed by atoms with Crippen molar-refractivity contribution in [1.82, 2.24) is 10.2 Å². The monoisotopic (exact) mass is 474 g/mol. The minimum Gasteiger partial charge on any atom is -0.490 e. The lowest BCUT2D eigenvalue weighted by Crippen LogP contribution is -2.25. The van der Waals surface area contributed by atoms with E-state index in [1.807, 2.05) is 6.92 Å². The van der Waals surface area contributed by atoms with Gasteiger partial charge in [0.1, 0.15) is 12.3 Å². The Bertz CT molecular complexity index is 1050. The van der Waals surface area contributed by atoms with E-state index >= 15 is 0 Å². The molecule has 0 unspecified atom stereocenters. The number of carboxylic acids is 1. The lowest BCUT2D eigenvalue weighted by atomic mass is 10.1. The second-order valence-corrected chi connectivity index (χ2v) is 7.26. The summed E-state index contributed by atoms with van der Waals surface area (Å²) in [6, 6.07) is 9.41. The Morgan fingerprint density at radius 1 is 1.23 bits per heavy atom. The largest absolute Gasteiger partial charge is 0.490 e. The molecule has 9 heteroatoms. The van der Waals surface area contributed by atoms with Crippen LogP contribution in [0, 0.1) is 0 Å². The van der Waals surface area contributed by atoms with Gasteiger partial charge >= 0.3 is 12.0 Å². The quantitative estimate of drug-likeness (QED) is 0.468. The number of nitrogens with one attached hydrogen (secondary N) is 1. The Balaban J connectivity index is 1.87. The maximum absolute atomic E-state index is 12.1. The van der Waals surface area contributed by atoms with E-state index in [0.29, 0.717) is 33.7 Å². The fraction of sp³-hybridized carbons (Fsp3) is 0.190. The van der Waals surface area contributed by atoms with Gasteiger partial charge < -0.3 is 19.9 Å². The van der Waals surface area contributed by atoms with E-state index < -0.39 is 17.9 Å². The molecule has 0 bridgehead atoms. The van der Waals surface area contributed by atoms with Crippen LogP contribution in [0.2, 0.25) is 0 Å². The highest BCUT2D eigenvalue weighted by molar-refractivity contribution is 9.10. The molecule has 0 spiro atoms. The van der Waals surface area contributed by atoms with Gasteiger partial charge in [-0.1, -0.05) is 12.1 Å². The molecule has 2 aromatic rings. The van der Waals surface area contributed by atoms with Gasteiger partial charge in [-0.3, -0.25) is 9.69 Å². The minimum atomic E-state index is -1.01. The van der Waals surface area contributed by atoms with Crippen LogP contribution in [-0.2, 0) is 11.4 Å². The molecule has 1 heterocycles. The van der Waals surface area contributed by atoms with E-state index in [1.165, 1.54) is 13.1 Å². The summed E-state index contributed by atoms with van der Waals surface area (Å²) in [7, 11) is 1.40. The van der Waals surface area contributed by atoms with Gasteiger partial charge in [0, 0.05) is 7.05 Å². The molecule has 0 atom stereocenters. The van der Waals surface area contributed by atoms with E-state index in [1.54, 1.807) is 36.4 Å². The van der Waals surface area contributed by atoms with Crippen molar-refractivity contribution in [2.45, 2.75) is 13.5 Å². The molecule has 0 aliphatic carbocycles. The number of carbonyl (C=O) groups is 3. The van der Waals surface area contributed by atoms with Crippen LogP contribution in [0.5, 0.6) is 11.5 Å². The number of hydrogen-bond donors (Lipinski definition) is 2. The number of imide groups is 1. The third kappa shape index (κ3) is 4.62. The Labute approximate surface area is 181 Å². The Kier molecular flexibility index (Phi) is 6.41. The number of carboxylic acid groups (broad SMARTS) is 1. The van der Waals surface area contributed by atoms with Crippen molar-refractivity contribution >= 4 is 39.9 Å². The van der Waals surface area contributed by atoms with Crippen LogP contribution in [0.15, 0.2) is 46.6 Å². The Morgan fingerprint density at radius 3 is 2.63 bits per heavy atom. The number of rotatable bonds is 7. The molecule has 1 saturated heterocycles. The number of hydrogen-bond acceptors (Lipinski definition) is 5. The molecule has 0 saturated carbocycles. The van der Waals surface area contributed by atoms with Crippen LogP contribution in [0.4, 0.5) is 4.79 Å². The highest BCUT2D eigenvalue weighted by Gasteiger charge is 2.30. The lowest BCUT2D eigenvalue weighted by Gasteiger charge is -2.15. The van der Waals surface area contributed by atoms with E-state index in [2.05, 4.69) is 21.2 Å². The number of ether oxygens (including phenoxy) is 2. The molecular formula is C21H19BrN2O6. The molecule has 8 nitrogen and oxygen atoms in total. The summed E-state index contributed by atoms with van der Waals surface area (Å²) < 4.78 is 12.2. The average molecular weight is 475 g/mol. The first-order valence-corrected chi connectivity index (χ1v) is 9.81. The van der Waals surface area contributed by atoms with Crippen molar-refractivity contribution in [3.8, 4) is 11.5 Å². The molecular weight excluding hydrogens is 456 g/mol. The zero-order valence-corrected chi connectivity index (χ0v) is 17.9. The van der Waals surface area contributed by atoms with Gasteiger partial charge in [-0.25, -0.2) is 9.59 Å². The highest BCUT2D eigenvalue weighted by atomic mass is 79.9. The first-order valence-electron chi connectivity index (χ1n) is 9.02. The zero-order chi connectivity index (χ0) is 21.8. The van der Waals surface area contributed by atoms with Gasteiger partial charge in [-0.2, -0.15) is 0 Å². The van der Waals surface area contributed by atoms with Gasteiger partial charge in [0.2, 0.25) is 0 Å². The third-order valence-electron chi connectivity index (χ3n) is 4.28. The first-order chi connectivity index (χ1) is 14.3. The predicted octanol–water partition coefficient (Wildman–Crippen LogP) is 3.65. The van der Waals surface area contributed by atoms with E-state index in [4.69, 9.17) is 14.6 Å². The molecule has 156 valence electrons. The maximum Gasteiger partial charge on any atom is 0.335 e. The summed E-state index contributed by atoms with van der Waals surface area (Å²) in [6.45, 7) is 2.35. The van der Waals surface area contributed by atoms with Crippen molar-refractivity contribution in [2.24, 2.45) is 0 Å². The van der Waals surface area contributed by atoms with Crippen LogP contribution in [0.1, 0.15) is 28.4 Å². The van der Waals surface area contributed by atoms with Crippen molar-refractivity contribution in [3.63, 3.8) is 0 Å². The normalized spacial score (nSPS) is 14.8. The smallest absolute Gasteiger partial charge is 0.335 e. The average Bonchev–Trinajstić information content (AvgIpc) is 2.94. The van der Waals surface area contributed by atoms with Gasteiger partial charge in [0.05, 0.1) is 16.6 Å². The van der Waals surface area contributed by atoms with Gasteiger partial charge in [0.15, 0.2) is 11.5 Å². The summed E-state index contributed by atoms with van der Waals surface area (Å²) in [4.78, 5) is 35.8. The predicted molar refractivity (Wildman–Crippen MR) is 112 cm³/mol. The summed E-state index contributed by atoms with van der Waals surface area (Å²) >= 11 is 3.46. The fourth-order valence-corrected chi connectivity index (χ4v) is 3.39. The maximum atomic E-state index is 12.1. The molecule has 1 aliphatic heterocycles. The Morgan fingerprint density at radius 2 is 2.00 bits per heavy atom. The Hall–Kier alpha value is -3.33. The lowest BCUT2D eigenvalue weighted by molar-refractivity contribution is -0.121. The van der Waals surface area contributed by atoms with Crippen molar-refractivity contribution < 1.29 is 29.0 Å². The molecule has 1 fully saturated rings. The van der Waals surface area contributed by atoms with Crippen LogP contribution in [0.25, 0.3) is 6.08 Å². The van der Waals surface area contributed by atoms with Crippen LogP contribution >= 0.6 is 15.9 Å². The number of benzene rings is 2. The molecule has 2 aromatic carbocycles. The summed E-state index contributed by atoms with van der Waals surface area (Å²) in [5.74, 6) is -0.547. The second-order valence-electron chi connectivity index (χ2n) is 6.41. The third-order valence-corrected chi connectivity index (χ3v) is 4.87. The van der Waals surface area contributed by atoms with E-state index in [-0.39, 0.29) is 17.9 Å². The van der Waals surface area contributed by atoms with Gasteiger partial charge in [-0.05, 0) is 64.3 Å². The first kappa shape index (κ1) is 21.4. The number of nitrogens with zero attached hydrogens (tertiary/aromatic N) is 1. The number of halogens is 1. The topological polar surface area (TPSA) is 105 Å². The molecule has 0 radical (unpaired) electrons. The highest BCUT2D eigenvalue weighted by Crippen LogP contribution is 2.38. The molecule has 3 amide bonds. The molecule has 2 N–H and O–H groups in total. The van der Waals surface area contributed by atoms with E-state index in [0.717, 1.165) is 4.90 Å². The van der Waals surface area contributed by atoms with Crippen LogP contribution in [-0.4, -0.2) is 41.6 Å². The van der Waals surface area contributed by atoms with Crippen molar-refractivity contribution in [3.05, 3.63) is 63.3 Å². The zero-order valence-electron chi connectivity index (χ0n) is 16.3. The van der Waals surface area contributed by atoms with Crippen LogP contribution < -0.4 is 14.8 Å². The number of likely N-dealkylation sites (N-methyl/N-ethyl adjacent to an activating group) is 1. The summed E-state index contributed by atoms with van der Waals surface area (Å²) in [6.07, 6.45) is 1.55. The van der Waals surface area contributed by atoms with Crippen molar-refractivity contribution in [2.75, 3.05) is 13.7 Å². The van der Waals surface area contributed by atoms with Crippen LogP contribution in [0.3, 0.4) is 0 Å². The number of carbonyl (C=O) groups excluding carboxylic acids is 2. The SMILES string of the molecule is CCOc1cc(/C=C2/NC(=O)N(C)C2=O)cc(Br)c1OCc1cccc(C(=O)O)c1. The van der Waals surface area contributed by atoms with Gasteiger partial charge in [-0.15, -0.1) is 0 Å². The summed E-state index contributed by atoms with van der Waals surface area (Å²) in [5, 5.41) is 11.6. The molecule has 3 rings (SSSR count). The molecule has 0 aromatic heterocycles. The minimum absolute atomic E-state index is 0.138. The van der Waals surface area contributed by atoms with Gasteiger partial charge in [0.25, 0.3) is 5.91 Å². The summed E-state index contributed by atoms with van der Waals surface area (Å²) in [5.41, 5.74) is 1.66. The fourth-order valence-electron chi connectivity index (χ4n) is 2.81. The second kappa shape index (κ2) is 9.00. The number of aromatic carboxylic acids is 1.